The molecule has 0 saturated carbocycles. The monoisotopic (exact) mass is 502 g/mol. The van der Waals surface area contributed by atoms with E-state index in [4.69, 9.17) is 4.74 Å². The number of aliphatic hydroxyl groups excluding tert-OH is 1. The topological polar surface area (TPSA) is 87.2 Å². The summed E-state index contributed by atoms with van der Waals surface area (Å²) in [6, 6.07) is -0.701. The van der Waals surface area contributed by atoms with E-state index in [-0.39, 0.29) is 47.6 Å². The summed E-state index contributed by atoms with van der Waals surface area (Å²) >= 11 is 5.29. The van der Waals surface area contributed by atoms with Crippen molar-refractivity contribution in [3.05, 3.63) is 12.7 Å². The van der Waals surface area contributed by atoms with E-state index >= 15 is 0 Å². The second kappa shape index (κ2) is 9.61. The van der Waals surface area contributed by atoms with Gasteiger partial charge in [0.25, 0.3) is 0 Å². The molecule has 2 bridgehead atoms. The number of esters is 1. The summed E-state index contributed by atoms with van der Waals surface area (Å²) in [4.78, 5) is 43.3. The zero-order chi connectivity index (χ0) is 22.1. The number of likely N-dealkylation sites (tertiary alicyclic amines) is 1. The number of thioether (sulfide) groups is 1. The number of fused-ring (bicyclic) bond motifs is 1. The Bertz CT molecular complexity index is 707. The molecule has 0 aromatic carbocycles. The molecule has 2 amide bonds. The van der Waals surface area contributed by atoms with Crippen LogP contribution in [-0.2, 0) is 19.1 Å². The number of hydrogen-bond acceptors (Lipinski definition) is 6. The standard InChI is InChI=1S/C21H31BrN2O5S/c1-4-7-9-23(8-5-2)19(27)17-21-12-13(22)16(30-21)14(20(28)29-6-3)15(21)18(26)24(17)10-11-25/h5,13-17,25H,2,4,6-12H2,1,3H3/t13?,14-,15+,16-,17?,21?/m1/s1. The SMILES string of the molecule is C=CCN(CCCC)C(=O)C1N(CCO)C(=O)[C@@H]2[C@@H](C(=O)OCC)[C@@H]3SC12CC3Br. The Morgan fingerprint density at radius 1 is 1.47 bits per heavy atom. The van der Waals surface area contributed by atoms with E-state index in [9.17, 15) is 19.5 Å². The zero-order valence-electron chi connectivity index (χ0n) is 17.6. The molecule has 9 heteroatoms. The molecule has 3 aliphatic heterocycles. The predicted molar refractivity (Wildman–Crippen MR) is 119 cm³/mol. The van der Waals surface area contributed by atoms with Gasteiger partial charge in [0.1, 0.15) is 6.04 Å². The highest BCUT2D eigenvalue weighted by Crippen LogP contribution is 2.67. The number of β-amino-alcohol motifs (C(OH)–C–C–N with tert-alkyl or cyclic N) is 1. The van der Waals surface area contributed by atoms with Crippen LogP contribution in [0.5, 0.6) is 0 Å². The average Bonchev–Trinajstić information content (AvgIpc) is 3.29. The van der Waals surface area contributed by atoms with Crippen molar-refractivity contribution in [2.24, 2.45) is 11.8 Å². The summed E-state index contributed by atoms with van der Waals surface area (Å²) in [5, 5.41) is 9.52. The fraction of sp³-hybridized carbons (Fsp3) is 0.762. The number of carbonyl (C=O) groups is 3. The molecular weight excluding hydrogens is 472 g/mol. The Labute approximate surface area is 190 Å². The fourth-order valence-corrected chi connectivity index (χ4v) is 8.83. The second-order valence-electron chi connectivity index (χ2n) is 8.10. The summed E-state index contributed by atoms with van der Waals surface area (Å²) in [7, 11) is 0. The van der Waals surface area contributed by atoms with Crippen LogP contribution in [0.1, 0.15) is 33.1 Å². The Balaban J connectivity index is 2.01. The van der Waals surface area contributed by atoms with Crippen LogP contribution in [-0.4, -0.2) is 86.4 Å². The highest BCUT2D eigenvalue weighted by atomic mass is 79.9. The number of rotatable bonds is 10. The maximum absolute atomic E-state index is 13.8. The number of carbonyl (C=O) groups excluding carboxylic acids is 3. The van der Waals surface area contributed by atoms with Gasteiger partial charge in [-0.3, -0.25) is 14.4 Å². The first kappa shape index (κ1) is 23.6. The lowest BCUT2D eigenvalue weighted by Crippen LogP contribution is -2.55. The molecule has 3 fully saturated rings. The minimum absolute atomic E-state index is 0.0221. The van der Waals surface area contributed by atoms with Gasteiger partial charge >= 0.3 is 5.97 Å². The molecule has 0 aromatic rings. The van der Waals surface area contributed by atoms with Gasteiger partial charge in [-0.05, 0) is 19.8 Å². The summed E-state index contributed by atoms with van der Waals surface area (Å²) < 4.78 is 4.62. The van der Waals surface area contributed by atoms with E-state index in [1.54, 1.807) is 29.7 Å². The highest BCUT2D eigenvalue weighted by Gasteiger charge is 2.76. The van der Waals surface area contributed by atoms with Crippen LogP contribution in [0.4, 0.5) is 0 Å². The lowest BCUT2D eigenvalue weighted by molar-refractivity contribution is -0.153. The maximum atomic E-state index is 13.8. The van der Waals surface area contributed by atoms with Crippen molar-refractivity contribution in [1.29, 1.82) is 0 Å². The van der Waals surface area contributed by atoms with E-state index in [2.05, 4.69) is 29.4 Å². The lowest BCUT2D eigenvalue weighted by atomic mass is 9.71. The van der Waals surface area contributed by atoms with E-state index in [1.165, 1.54) is 4.90 Å². The third-order valence-electron chi connectivity index (χ3n) is 6.37. The fourth-order valence-electron chi connectivity index (χ4n) is 5.23. The summed E-state index contributed by atoms with van der Waals surface area (Å²) in [5.74, 6) is -1.89. The molecule has 168 valence electrons. The minimum Gasteiger partial charge on any atom is -0.466 e. The normalized spacial score (nSPS) is 34.2. The van der Waals surface area contributed by atoms with E-state index in [0.29, 0.717) is 19.5 Å². The number of unbranched alkanes of at least 4 members (excludes halogenated alkanes) is 1. The molecule has 3 saturated heterocycles. The van der Waals surface area contributed by atoms with Crippen molar-refractivity contribution in [2.75, 3.05) is 32.8 Å². The number of amides is 2. The van der Waals surface area contributed by atoms with Gasteiger partial charge < -0.3 is 19.6 Å². The number of aliphatic hydroxyl groups is 1. The first-order valence-electron chi connectivity index (χ1n) is 10.7. The molecule has 7 nitrogen and oxygen atoms in total. The van der Waals surface area contributed by atoms with Crippen LogP contribution in [0.15, 0.2) is 12.7 Å². The molecule has 0 aliphatic carbocycles. The molecule has 1 spiro atoms. The van der Waals surface area contributed by atoms with Crippen molar-refractivity contribution >= 4 is 45.5 Å². The van der Waals surface area contributed by atoms with Crippen molar-refractivity contribution in [3.8, 4) is 0 Å². The van der Waals surface area contributed by atoms with E-state index in [0.717, 1.165) is 12.8 Å². The van der Waals surface area contributed by atoms with Gasteiger partial charge in [0, 0.05) is 29.7 Å². The summed E-state index contributed by atoms with van der Waals surface area (Å²) in [5.41, 5.74) is 0. The molecule has 0 radical (unpaired) electrons. The van der Waals surface area contributed by atoms with Gasteiger partial charge in [-0.25, -0.2) is 0 Å². The molecule has 3 rings (SSSR count). The summed E-state index contributed by atoms with van der Waals surface area (Å²) in [6.45, 7) is 8.69. The first-order chi connectivity index (χ1) is 14.4. The molecule has 6 atom stereocenters. The van der Waals surface area contributed by atoms with Crippen molar-refractivity contribution < 1.29 is 24.2 Å². The van der Waals surface area contributed by atoms with Crippen LogP contribution in [0.3, 0.4) is 0 Å². The Hall–Kier alpha value is -1.06. The third kappa shape index (κ3) is 3.71. The van der Waals surface area contributed by atoms with Crippen LogP contribution in [0.25, 0.3) is 0 Å². The van der Waals surface area contributed by atoms with Crippen molar-refractivity contribution in [3.63, 3.8) is 0 Å². The molecule has 3 heterocycles. The maximum Gasteiger partial charge on any atom is 0.310 e. The molecular formula is C21H31BrN2O5S. The van der Waals surface area contributed by atoms with Gasteiger partial charge in [-0.1, -0.05) is 35.4 Å². The predicted octanol–water partition coefficient (Wildman–Crippen LogP) is 1.82. The lowest BCUT2D eigenvalue weighted by Gasteiger charge is -2.37. The first-order valence-corrected chi connectivity index (χ1v) is 12.5. The number of alkyl halides is 1. The van der Waals surface area contributed by atoms with Crippen molar-refractivity contribution in [1.82, 2.24) is 9.80 Å². The number of nitrogens with zero attached hydrogens (tertiary/aromatic N) is 2. The Kier molecular flexibility index (Phi) is 7.56. The minimum atomic E-state index is -0.701. The summed E-state index contributed by atoms with van der Waals surface area (Å²) in [6.07, 6.45) is 4.13. The van der Waals surface area contributed by atoms with Crippen LogP contribution in [0, 0.1) is 11.8 Å². The largest absolute Gasteiger partial charge is 0.466 e. The number of halogens is 1. The molecule has 3 unspecified atom stereocenters. The quantitative estimate of drug-likeness (QED) is 0.278. The number of hydrogen-bond donors (Lipinski definition) is 1. The molecule has 30 heavy (non-hydrogen) atoms. The van der Waals surface area contributed by atoms with Crippen molar-refractivity contribution in [2.45, 2.75) is 54.0 Å². The molecule has 3 aliphatic rings. The van der Waals surface area contributed by atoms with E-state index in [1.807, 2.05) is 0 Å². The Morgan fingerprint density at radius 3 is 2.80 bits per heavy atom. The molecule has 1 N–H and O–H groups in total. The van der Waals surface area contributed by atoms with Gasteiger partial charge in [0.2, 0.25) is 11.8 Å². The van der Waals surface area contributed by atoms with Gasteiger partial charge in [-0.2, -0.15) is 0 Å². The zero-order valence-corrected chi connectivity index (χ0v) is 20.0. The number of ether oxygens (including phenoxy) is 1. The highest BCUT2D eigenvalue weighted by molar-refractivity contribution is 9.09. The smallest absolute Gasteiger partial charge is 0.310 e. The second-order valence-corrected chi connectivity index (χ2v) is 10.8. The molecule has 0 aromatic heterocycles. The van der Waals surface area contributed by atoms with E-state index < -0.39 is 22.6 Å². The third-order valence-corrected chi connectivity index (χ3v) is 9.59. The van der Waals surface area contributed by atoms with Crippen LogP contribution < -0.4 is 0 Å². The van der Waals surface area contributed by atoms with Gasteiger partial charge in [-0.15, -0.1) is 18.3 Å². The van der Waals surface area contributed by atoms with Crippen LogP contribution in [0.2, 0.25) is 0 Å². The van der Waals surface area contributed by atoms with Gasteiger partial charge in [0.15, 0.2) is 0 Å². The average molecular weight is 503 g/mol. The van der Waals surface area contributed by atoms with Crippen LogP contribution >= 0.6 is 27.7 Å². The Morgan fingerprint density at radius 2 is 2.20 bits per heavy atom. The van der Waals surface area contributed by atoms with Gasteiger partial charge in [0.05, 0.1) is 29.8 Å².